The van der Waals surface area contributed by atoms with Crippen LogP contribution in [0.15, 0.2) is 24.3 Å². The molecule has 0 spiro atoms. The van der Waals surface area contributed by atoms with Gasteiger partial charge in [-0.1, -0.05) is 19.8 Å². The number of piperidine rings is 1. The third-order valence-corrected chi connectivity index (χ3v) is 4.76. The van der Waals surface area contributed by atoms with Gasteiger partial charge in [-0.3, -0.25) is 14.4 Å². The van der Waals surface area contributed by atoms with Crippen LogP contribution in [-0.4, -0.2) is 48.7 Å². The number of likely N-dealkylation sites (N-methyl/N-ethyl adjacent to an activating group) is 1. The number of ketones is 1. The van der Waals surface area contributed by atoms with Crippen LogP contribution in [0.4, 0.5) is 0 Å². The van der Waals surface area contributed by atoms with Crippen molar-refractivity contribution in [3.8, 4) is 5.75 Å². The fourth-order valence-corrected chi connectivity index (χ4v) is 3.08. The van der Waals surface area contributed by atoms with E-state index in [0.29, 0.717) is 31.6 Å². The van der Waals surface area contributed by atoms with E-state index in [1.54, 1.807) is 36.2 Å². The first-order valence-electron chi connectivity index (χ1n) is 9.79. The van der Waals surface area contributed by atoms with E-state index in [1.165, 1.54) is 0 Å². The highest BCUT2D eigenvalue weighted by atomic mass is 16.5. The van der Waals surface area contributed by atoms with Crippen LogP contribution in [0.1, 0.15) is 62.2 Å². The number of hydrogen-bond donors (Lipinski definition) is 1. The molecule has 1 heterocycles. The lowest BCUT2D eigenvalue weighted by Crippen LogP contribution is -2.48. The maximum atomic E-state index is 12.3. The van der Waals surface area contributed by atoms with Crippen molar-refractivity contribution in [2.45, 2.75) is 57.9 Å². The molecule has 1 aliphatic rings. The van der Waals surface area contributed by atoms with Crippen LogP contribution in [0.2, 0.25) is 0 Å². The van der Waals surface area contributed by atoms with Crippen LogP contribution >= 0.6 is 0 Å². The molecule has 1 saturated heterocycles. The number of rotatable bonds is 10. The third-order valence-electron chi connectivity index (χ3n) is 4.76. The molecule has 0 bridgehead atoms. The molecule has 2 rings (SSSR count). The Balaban J connectivity index is 1.71. The summed E-state index contributed by atoms with van der Waals surface area (Å²) in [6.07, 6.45) is 4.76. The van der Waals surface area contributed by atoms with Crippen molar-refractivity contribution in [1.29, 1.82) is 0 Å². The second kappa shape index (κ2) is 10.7. The van der Waals surface area contributed by atoms with Gasteiger partial charge in [0.05, 0.1) is 6.61 Å². The average molecular weight is 374 g/mol. The number of likely N-dealkylation sites (tertiary alicyclic amines) is 1. The van der Waals surface area contributed by atoms with Gasteiger partial charge in [0, 0.05) is 44.5 Å². The van der Waals surface area contributed by atoms with Crippen LogP contribution < -0.4 is 10.1 Å². The van der Waals surface area contributed by atoms with Gasteiger partial charge in [0.25, 0.3) is 0 Å². The van der Waals surface area contributed by atoms with Gasteiger partial charge in [0.1, 0.15) is 5.75 Å². The van der Waals surface area contributed by atoms with Crippen molar-refractivity contribution in [2.24, 2.45) is 0 Å². The smallest absolute Gasteiger partial charge is 0.222 e. The highest BCUT2D eigenvalue weighted by molar-refractivity contribution is 5.98. The summed E-state index contributed by atoms with van der Waals surface area (Å²) < 4.78 is 5.64. The molecule has 0 radical (unpaired) electrons. The number of benzene rings is 1. The highest BCUT2D eigenvalue weighted by Crippen LogP contribution is 2.15. The molecule has 1 atom stereocenters. The van der Waals surface area contributed by atoms with E-state index < -0.39 is 0 Å². The van der Waals surface area contributed by atoms with Crippen molar-refractivity contribution in [2.75, 3.05) is 20.2 Å². The van der Waals surface area contributed by atoms with Crippen LogP contribution in [0.3, 0.4) is 0 Å². The lowest BCUT2D eigenvalue weighted by Gasteiger charge is -2.30. The molecule has 2 amide bonds. The van der Waals surface area contributed by atoms with E-state index in [4.69, 9.17) is 4.74 Å². The Bertz CT molecular complexity index is 642. The normalized spacial score (nSPS) is 16.9. The molecule has 27 heavy (non-hydrogen) atoms. The van der Waals surface area contributed by atoms with E-state index in [-0.39, 0.29) is 36.5 Å². The molecule has 1 aromatic rings. The van der Waals surface area contributed by atoms with Crippen LogP contribution in [0, 0.1) is 0 Å². The molecule has 1 aliphatic heterocycles. The summed E-state index contributed by atoms with van der Waals surface area (Å²) in [5, 5.41) is 2.91. The summed E-state index contributed by atoms with van der Waals surface area (Å²) in [6.45, 7) is 3.36. The zero-order valence-electron chi connectivity index (χ0n) is 16.3. The third kappa shape index (κ3) is 7.04. The SMILES string of the molecule is CCCCCOc1ccc(C(=O)CCC(=O)NC2CCC(=O)N(C)C2)cc1. The minimum atomic E-state index is -0.146. The Morgan fingerprint density at radius 1 is 1.19 bits per heavy atom. The number of unbranched alkanes of at least 4 members (excludes halogenated alkanes) is 2. The van der Waals surface area contributed by atoms with Crippen molar-refractivity contribution in [1.82, 2.24) is 10.2 Å². The Kier molecular flexibility index (Phi) is 8.30. The molecule has 148 valence electrons. The fourth-order valence-electron chi connectivity index (χ4n) is 3.08. The van der Waals surface area contributed by atoms with Crippen LogP contribution in [-0.2, 0) is 9.59 Å². The number of nitrogens with one attached hydrogen (secondary N) is 1. The number of Topliss-reactive ketones (excluding diaryl/α,β-unsaturated/α-hetero) is 1. The highest BCUT2D eigenvalue weighted by Gasteiger charge is 2.24. The molecule has 1 unspecified atom stereocenters. The van der Waals surface area contributed by atoms with Gasteiger partial charge >= 0.3 is 0 Å². The van der Waals surface area contributed by atoms with E-state index in [1.807, 2.05) is 0 Å². The number of ether oxygens (including phenoxy) is 1. The number of nitrogens with zero attached hydrogens (tertiary/aromatic N) is 1. The largest absolute Gasteiger partial charge is 0.494 e. The minimum absolute atomic E-state index is 0.0283. The molecule has 1 fully saturated rings. The Hall–Kier alpha value is -2.37. The molecular weight excluding hydrogens is 344 g/mol. The monoisotopic (exact) mass is 374 g/mol. The summed E-state index contributed by atoms with van der Waals surface area (Å²) in [6, 6.07) is 7.07. The van der Waals surface area contributed by atoms with Gasteiger partial charge in [-0.2, -0.15) is 0 Å². The lowest BCUT2D eigenvalue weighted by atomic mass is 10.0. The Morgan fingerprint density at radius 3 is 2.59 bits per heavy atom. The van der Waals surface area contributed by atoms with E-state index in [9.17, 15) is 14.4 Å². The van der Waals surface area contributed by atoms with Gasteiger partial charge in [0.15, 0.2) is 5.78 Å². The van der Waals surface area contributed by atoms with Crippen LogP contribution in [0.25, 0.3) is 0 Å². The second-order valence-corrected chi connectivity index (χ2v) is 7.08. The molecule has 0 aromatic heterocycles. The van der Waals surface area contributed by atoms with Crippen LogP contribution in [0.5, 0.6) is 5.75 Å². The van der Waals surface area contributed by atoms with Crippen molar-refractivity contribution >= 4 is 17.6 Å². The number of carbonyl (C=O) groups excluding carboxylic acids is 3. The molecule has 6 nitrogen and oxygen atoms in total. The lowest BCUT2D eigenvalue weighted by molar-refractivity contribution is -0.133. The van der Waals surface area contributed by atoms with E-state index in [0.717, 1.165) is 25.0 Å². The summed E-state index contributed by atoms with van der Waals surface area (Å²) in [5.41, 5.74) is 0.590. The summed E-state index contributed by atoms with van der Waals surface area (Å²) in [5.74, 6) is 0.662. The fraction of sp³-hybridized carbons (Fsp3) is 0.571. The topological polar surface area (TPSA) is 75.7 Å². The first-order valence-corrected chi connectivity index (χ1v) is 9.79. The predicted octanol–water partition coefficient (Wildman–Crippen LogP) is 2.96. The molecule has 6 heteroatoms. The van der Waals surface area contributed by atoms with Crippen molar-refractivity contribution < 1.29 is 19.1 Å². The standard InChI is InChI=1S/C21H30N2O4/c1-3-4-5-14-27-18-9-6-16(7-10-18)19(24)11-12-20(25)22-17-8-13-21(26)23(2)15-17/h6-7,9-10,17H,3-5,8,11-15H2,1-2H3,(H,22,25). The summed E-state index contributed by atoms with van der Waals surface area (Å²) in [4.78, 5) is 37.4. The molecule has 1 aromatic carbocycles. The predicted molar refractivity (Wildman–Crippen MR) is 104 cm³/mol. The first-order chi connectivity index (χ1) is 13.0. The van der Waals surface area contributed by atoms with Gasteiger partial charge in [-0.15, -0.1) is 0 Å². The second-order valence-electron chi connectivity index (χ2n) is 7.08. The van der Waals surface area contributed by atoms with E-state index in [2.05, 4.69) is 12.2 Å². The maximum Gasteiger partial charge on any atom is 0.222 e. The number of carbonyl (C=O) groups is 3. The zero-order chi connectivity index (χ0) is 19.6. The molecule has 1 N–H and O–H groups in total. The van der Waals surface area contributed by atoms with Gasteiger partial charge in [-0.05, 0) is 37.1 Å². The molecular formula is C21H30N2O4. The minimum Gasteiger partial charge on any atom is -0.494 e. The Labute approximate surface area is 161 Å². The number of hydrogen-bond acceptors (Lipinski definition) is 4. The van der Waals surface area contributed by atoms with Gasteiger partial charge < -0.3 is 15.0 Å². The van der Waals surface area contributed by atoms with Gasteiger partial charge in [-0.25, -0.2) is 0 Å². The maximum absolute atomic E-state index is 12.3. The quantitative estimate of drug-likeness (QED) is 0.505. The summed E-state index contributed by atoms with van der Waals surface area (Å²) >= 11 is 0. The average Bonchev–Trinajstić information content (AvgIpc) is 2.67. The zero-order valence-corrected chi connectivity index (χ0v) is 16.3. The summed E-state index contributed by atoms with van der Waals surface area (Å²) in [7, 11) is 1.74. The molecule has 0 aliphatic carbocycles. The van der Waals surface area contributed by atoms with E-state index >= 15 is 0 Å². The molecule has 0 saturated carbocycles. The first kappa shape index (κ1) is 20.9. The van der Waals surface area contributed by atoms with Gasteiger partial charge in [0.2, 0.25) is 11.8 Å². The Morgan fingerprint density at radius 2 is 1.93 bits per heavy atom. The van der Waals surface area contributed by atoms with Crippen molar-refractivity contribution in [3.63, 3.8) is 0 Å². The van der Waals surface area contributed by atoms with Crippen molar-refractivity contribution in [3.05, 3.63) is 29.8 Å². The number of amides is 2.